The molecule has 2 heterocycles. The lowest BCUT2D eigenvalue weighted by atomic mass is 9.98. The van der Waals surface area contributed by atoms with Crippen LogP contribution >= 0.6 is 0 Å². The second-order valence-electron chi connectivity index (χ2n) is 7.92. The molecule has 30 heavy (non-hydrogen) atoms. The van der Waals surface area contributed by atoms with E-state index in [1.54, 1.807) is 11.1 Å². The molecule has 1 N–H and O–H groups in total. The fourth-order valence-corrected chi connectivity index (χ4v) is 3.53. The second kappa shape index (κ2) is 10.3. The molecule has 1 aromatic rings. The quantitative estimate of drug-likeness (QED) is 0.698. The zero-order valence-electron chi connectivity index (χ0n) is 17.6. The Bertz CT molecular complexity index is 860. The van der Waals surface area contributed by atoms with Crippen LogP contribution in [0.25, 0.3) is 0 Å². The molecule has 0 fully saturated rings. The Morgan fingerprint density at radius 2 is 2.03 bits per heavy atom. The van der Waals surface area contributed by atoms with Crippen LogP contribution in [0.15, 0.2) is 46.0 Å². The van der Waals surface area contributed by atoms with Crippen LogP contribution in [0.3, 0.4) is 0 Å². The number of fused-ring (bicyclic) bond motifs is 1. The van der Waals surface area contributed by atoms with Crippen LogP contribution in [-0.4, -0.2) is 41.5 Å². The van der Waals surface area contributed by atoms with Crippen molar-refractivity contribution < 1.29 is 14.0 Å². The lowest BCUT2D eigenvalue weighted by Gasteiger charge is -2.28. The van der Waals surface area contributed by atoms with Crippen molar-refractivity contribution in [2.45, 2.75) is 58.7 Å². The van der Waals surface area contributed by atoms with Gasteiger partial charge in [0.25, 0.3) is 5.91 Å². The van der Waals surface area contributed by atoms with E-state index in [9.17, 15) is 14.0 Å². The third-order valence-corrected chi connectivity index (χ3v) is 5.44. The fourth-order valence-electron chi connectivity index (χ4n) is 3.53. The fraction of sp³-hybridized carbons (Fsp3) is 0.478. The Balaban J connectivity index is 1.54. The highest BCUT2D eigenvalue weighted by atomic mass is 19.1. The van der Waals surface area contributed by atoms with E-state index in [1.807, 2.05) is 6.20 Å². The molecular weight excluding hydrogens is 383 g/mol. The van der Waals surface area contributed by atoms with Crippen molar-refractivity contribution in [2.75, 3.05) is 6.54 Å². The molecule has 0 bridgehead atoms. The highest BCUT2D eigenvalue weighted by Crippen LogP contribution is 2.19. The summed E-state index contributed by atoms with van der Waals surface area (Å²) in [5.41, 5.74) is 1.98. The number of halogens is 1. The molecule has 0 saturated heterocycles. The van der Waals surface area contributed by atoms with Gasteiger partial charge in [-0.05, 0) is 36.6 Å². The summed E-state index contributed by atoms with van der Waals surface area (Å²) < 4.78 is 13.0. The molecule has 2 unspecified atom stereocenters. The minimum atomic E-state index is -0.712. The molecule has 2 atom stereocenters. The number of hydrogen-bond donors (Lipinski definition) is 1. The Morgan fingerprint density at radius 1 is 1.27 bits per heavy atom. The number of allylic oxidation sites excluding steroid dienone is 1. The molecule has 160 valence electrons. The van der Waals surface area contributed by atoms with Crippen molar-refractivity contribution in [3.05, 3.63) is 47.4 Å². The maximum atomic E-state index is 13.0. The summed E-state index contributed by atoms with van der Waals surface area (Å²) in [6.45, 7) is 4.97. The van der Waals surface area contributed by atoms with E-state index in [2.05, 4.69) is 29.1 Å². The second-order valence-corrected chi connectivity index (χ2v) is 7.92. The number of nitrogens with zero attached hydrogens (tertiary/aromatic N) is 3. The van der Waals surface area contributed by atoms with Gasteiger partial charge in [-0.15, -0.1) is 0 Å². The van der Waals surface area contributed by atoms with Crippen LogP contribution in [0.5, 0.6) is 0 Å². The molecular formula is C23H29FN4O2. The van der Waals surface area contributed by atoms with E-state index in [4.69, 9.17) is 0 Å². The third-order valence-electron chi connectivity index (χ3n) is 5.44. The van der Waals surface area contributed by atoms with Gasteiger partial charge in [-0.2, -0.15) is 0 Å². The predicted octanol–water partition coefficient (Wildman–Crippen LogP) is 4.09. The van der Waals surface area contributed by atoms with E-state index >= 15 is 0 Å². The van der Waals surface area contributed by atoms with Crippen molar-refractivity contribution in [3.8, 4) is 0 Å². The Morgan fingerprint density at radius 3 is 2.77 bits per heavy atom. The molecule has 3 rings (SSSR count). The SMILES string of the molecule is CCCCC(C)CCC(=O)N1C=C2C=NC(NC(=O)c3ccc(F)cc3)N=C2CC1. The number of carbonyl (C=O) groups excluding carboxylic acids is 2. The smallest absolute Gasteiger partial charge is 0.254 e. The molecule has 2 aliphatic heterocycles. The zero-order valence-corrected chi connectivity index (χ0v) is 17.6. The van der Waals surface area contributed by atoms with E-state index in [0.717, 1.165) is 17.7 Å². The zero-order chi connectivity index (χ0) is 21.5. The van der Waals surface area contributed by atoms with Gasteiger partial charge in [-0.1, -0.05) is 33.1 Å². The Kier molecular flexibility index (Phi) is 7.49. The van der Waals surface area contributed by atoms with E-state index in [1.165, 1.54) is 43.5 Å². The maximum Gasteiger partial charge on any atom is 0.254 e. The van der Waals surface area contributed by atoms with Gasteiger partial charge in [0.2, 0.25) is 12.2 Å². The number of unbranched alkanes of at least 4 members (excludes halogenated alkanes) is 1. The first kappa shape index (κ1) is 21.9. The largest absolute Gasteiger partial charge is 0.318 e. The van der Waals surface area contributed by atoms with Gasteiger partial charge in [-0.3, -0.25) is 9.59 Å². The minimum absolute atomic E-state index is 0.130. The van der Waals surface area contributed by atoms with Gasteiger partial charge in [0.15, 0.2) is 0 Å². The molecule has 0 spiro atoms. The monoisotopic (exact) mass is 412 g/mol. The Labute approximate surface area is 177 Å². The summed E-state index contributed by atoms with van der Waals surface area (Å²) in [4.78, 5) is 35.4. The van der Waals surface area contributed by atoms with Gasteiger partial charge in [-0.25, -0.2) is 14.4 Å². The van der Waals surface area contributed by atoms with Crippen LogP contribution in [0, 0.1) is 11.7 Å². The number of rotatable bonds is 8. The van der Waals surface area contributed by atoms with Gasteiger partial charge >= 0.3 is 0 Å². The summed E-state index contributed by atoms with van der Waals surface area (Å²) >= 11 is 0. The molecule has 2 aliphatic rings. The van der Waals surface area contributed by atoms with Crippen molar-refractivity contribution in [2.24, 2.45) is 15.9 Å². The summed E-state index contributed by atoms with van der Waals surface area (Å²) in [6, 6.07) is 5.32. The molecule has 0 saturated carbocycles. The van der Waals surface area contributed by atoms with E-state index in [-0.39, 0.29) is 11.8 Å². The first-order chi connectivity index (χ1) is 14.5. The highest BCUT2D eigenvalue weighted by molar-refractivity contribution is 6.18. The summed E-state index contributed by atoms with van der Waals surface area (Å²) in [5, 5.41) is 2.72. The molecule has 1 aromatic carbocycles. The molecule has 6 nitrogen and oxygen atoms in total. The van der Waals surface area contributed by atoms with Crippen LogP contribution in [0.2, 0.25) is 0 Å². The summed E-state index contributed by atoms with van der Waals surface area (Å²) in [7, 11) is 0. The van der Waals surface area contributed by atoms with Crippen LogP contribution < -0.4 is 5.32 Å². The van der Waals surface area contributed by atoms with E-state index in [0.29, 0.717) is 30.9 Å². The van der Waals surface area contributed by atoms with Gasteiger partial charge in [0.1, 0.15) is 5.82 Å². The first-order valence-corrected chi connectivity index (χ1v) is 10.6. The van der Waals surface area contributed by atoms with Crippen LogP contribution in [0.1, 0.15) is 62.7 Å². The average Bonchev–Trinajstić information content (AvgIpc) is 2.76. The van der Waals surface area contributed by atoms with Crippen molar-refractivity contribution >= 4 is 23.7 Å². The van der Waals surface area contributed by atoms with Crippen LogP contribution in [-0.2, 0) is 4.79 Å². The maximum absolute atomic E-state index is 13.0. The van der Waals surface area contributed by atoms with Crippen molar-refractivity contribution in [1.29, 1.82) is 0 Å². The van der Waals surface area contributed by atoms with Crippen LogP contribution in [0.4, 0.5) is 4.39 Å². The minimum Gasteiger partial charge on any atom is -0.318 e. The first-order valence-electron chi connectivity index (χ1n) is 10.6. The molecule has 7 heteroatoms. The lowest BCUT2D eigenvalue weighted by molar-refractivity contribution is -0.128. The number of amides is 2. The molecule has 0 radical (unpaired) electrons. The number of aliphatic imine (C=N–C) groups is 2. The standard InChI is InChI=1S/C23H29FN4O2/c1-3-4-5-16(2)6-11-21(29)28-13-12-20-18(15-28)14-25-23(26-20)27-22(30)17-7-9-19(24)10-8-17/h7-10,14-16,23H,3-6,11-13H2,1-2H3,(H,27,30). The van der Waals surface area contributed by atoms with Gasteiger partial charge < -0.3 is 10.2 Å². The van der Waals surface area contributed by atoms with Crippen molar-refractivity contribution in [3.63, 3.8) is 0 Å². The third kappa shape index (κ3) is 5.84. The van der Waals surface area contributed by atoms with Crippen molar-refractivity contribution in [1.82, 2.24) is 10.2 Å². The highest BCUT2D eigenvalue weighted by Gasteiger charge is 2.24. The summed E-state index contributed by atoms with van der Waals surface area (Å²) in [5.74, 6) is -0.0667. The lowest BCUT2D eigenvalue weighted by Crippen LogP contribution is -2.38. The predicted molar refractivity (Wildman–Crippen MR) is 116 cm³/mol. The normalized spacial score (nSPS) is 18.9. The average molecular weight is 413 g/mol. The molecule has 0 aromatic heterocycles. The Hall–Kier alpha value is -2.83. The van der Waals surface area contributed by atoms with Gasteiger partial charge in [0, 0.05) is 42.9 Å². The number of nitrogens with one attached hydrogen (secondary N) is 1. The number of carbonyl (C=O) groups is 2. The number of hydrogen-bond acceptors (Lipinski definition) is 4. The van der Waals surface area contributed by atoms with E-state index < -0.39 is 12.1 Å². The molecule has 2 amide bonds. The topological polar surface area (TPSA) is 74.1 Å². The number of benzene rings is 1. The summed E-state index contributed by atoms with van der Waals surface area (Å²) in [6.07, 6.45) is 8.39. The molecule has 0 aliphatic carbocycles. The van der Waals surface area contributed by atoms with Gasteiger partial charge in [0.05, 0.1) is 5.71 Å².